The normalized spacial score (nSPS) is 13.4. The molecular weight excluding hydrogens is 331 g/mol. The van der Waals surface area contributed by atoms with Gasteiger partial charge in [-0.15, -0.1) is 0 Å². The van der Waals surface area contributed by atoms with Gasteiger partial charge in [-0.25, -0.2) is 14.4 Å². The number of rotatable bonds is 2. The third kappa shape index (κ3) is 2.83. The van der Waals surface area contributed by atoms with Gasteiger partial charge in [0.25, 0.3) is 5.91 Å². The van der Waals surface area contributed by atoms with E-state index in [2.05, 4.69) is 15.0 Å². The van der Waals surface area contributed by atoms with Crippen LogP contribution in [0.25, 0.3) is 11.3 Å². The molecule has 26 heavy (non-hydrogen) atoms. The molecule has 3 heterocycles. The third-order valence-electron chi connectivity index (χ3n) is 4.68. The van der Waals surface area contributed by atoms with Crippen LogP contribution in [0.2, 0.25) is 0 Å². The maximum atomic E-state index is 14.2. The maximum Gasteiger partial charge on any atom is 0.257 e. The van der Waals surface area contributed by atoms with Crippen molar-refractivity contribution in [1.29, 1.82) is 0 Å². The molecule has 2 aromatic heterocycles. The van der Waals surface area contributed by atoms with Gasteiger partial charge in [-0.2, -0.15) is 0 Å². The molecule has 1 aliphatic rings. The number of fused-ring (bicyclic) bond motifs is 1. The largest absolute Gasteiger partial charge is 0.334 e. The van der Waals surface area contributed by atoms with Gasteiger partial charge in [-0.05, 0) is 30.7 Å². The van der Waals surface area contributed by atoms with Crippen molar-refractivity contribution in [1.82, 2.24) is 19.9 Å². The first-order valence-corrected chi connectivity index (χ1v) is 8.42. The van der Waals surface area contributed by atoms with Crippen LogP contribution in [-0.2, 0) is 13.0 Å². The van der Waals surface area contributed by atoms with Crippen LogP contribution in [0, 0.1) is 12.7 Å². The first-order valence-electron chi connectivity index (χ1n) is 8.42. The Labute approximate surface area is 150 Å². The summed E-state index contributed by atoms with van der Waals surface area (Å²) < 4.78 is 14.2. The summed E-state index contributed by atoms with van der Waals surface area (Å²) >= 11 is 0. The van der Waals surface area contributed by atoms with Gasteiger partial charge in [-0.3, -0.25) is 9.78 Å². The van der Waals surface area contributed by atoms with Gasteiger partial charge in [-0.1, -0.05) is 12.1 Å². The highest BCUT2D eigenvalue weighted by molar-refractivity contribution is 5.96. The molecular formula is C20H17FN4O. The van der Waals surface area contributed by atoms with Crippen molar-refractivity contribution in [2.75, 3.05) is 6.54 Å². The van der Waals surface area contributed by atoms with Gasteiger partial charge in [0.15, 0.2) is 0 Å². The number of halogens is 1. The molecule has 0 aliphatic carbocycles. The van der Waals surface area contributed by atoms with Crippen molar-refractivity contribution in [2.45, 2.75) is 19.9 Å². The molecule has 130 valence electrons. The zero-order valence-corrected chi connectivity index (χ0v) is 14.3. The van der Waals surface area contributed by atoms with Gasteiger partial charge in [0.2, 0.25) is 0 Å². The topological polar surface area (TPSA) is 59.0 Å². The van der Waals surface area contributed by atoms with Crippen molar-refractivity contribution in [3.8, 4) is 11.3 Å². The number of hydrogen-bond acceptors (Lipinski definition) is 4. The summed E-state index contributed by atoms with van der Waals surface area (Å²) in [7, 11) is 0. The first kappa shape index (κ1) is 16.3. The van der Waals surface area contributed by atoms with E-state index in [4.69, 9.17) is 0 Å². The Morgan fingerprint density at radius 2 is 1.96 bits per heavy atom. The second-order valence-electron chi connectivity index (χ2n) is 6.29. The number of aryl methyl sites for hydroxylation is 1. The number of amides is 1. The van der Waals surface area contributed by atoms with E-state index in [9.17, 15) is 9.18 Å². The Morgan fingerprint density at radius 1 is 1.15 bits per heavy atom. The summed E-state index contributed by atoms with van der Waals surface area (Å²) in [5.74, 6) is -0.782. The molecule has 6 heteroatoms. The average molecular weight is 348 g/mol. The van der Waals surface area contributed by atoms with E-state index in [1.165, 1.54) is 6.07 Å². The smallest absolute Gasteiger partial charge is 0.257 e. The molecule has 0 saturated carbocycles. The lowest BCUT2D eigenvalue weighted by Gasteiger charge is -2.30. The number of benzene rings is 1. The minimum absolute atomic E-state index is 0.137. The monoisotopic (exact) mass is 348 g/mol. The summed E-state index contributed by atoms with van der Waals surface area (Å²) in [6.45, 7) is 2.62. The summed E-state index contributed by atoms with van der Waals surface area (Å²) in [6, 6.07) is 8.44. The third-order valence-corrected chi connectivity index (χ3v) is 4.68. The van der Waals surface area contributed by atoms with Crippen molar-refractivity contribution in [2.24, 2.45) is 0 Å². The van der Waals surface area contributed by atoms with E-state index < -0.39 is 5.82 Å². The molecule has 3 aromatic rings. The van der Waals surface area contributed by atoms with E-state index >= 15 is 0 Å². The SMILES string of the molecule is Cc1cccc(F)c1C(=O)N1CCc2ncnc(-c3ccncc3)c2C1. The van der Waals surface area contributed by atoms with E-state index in [0.717, 1.165) is 22.5 Å². The van der Waals surface area contributed by atoms with E-state index in [1.807, 2.05) is 12.1 Å². The zero-order chi connectivity index (χ0) is 18.1. The van der Waals surface area contributed by atoms with Crippen LogP contribution < -0.4 is 0 Å². The van der Waals surface area contributed by atoms with Gasteiger partial charge in [0, 0.05) is 43.0 Å². The number of carbonyl (C=O) groups is 1. The van der Waals surface area contributed by atoms with Crippen LogP contribution in [0.1, 0.15) is 27.2 Å². The Hall–Kier alpha value is -3.15. The molecule has 0 atom stereocenters. The zero-order valence-electron chi connectivity index (χ0n) is 14.3. The Bertz CT molecular complexity index is 955. The highest BCUT2D eigenvalue weighted by atomic mass is 19.1. The second kappa shape index (κ2) is 6.63. The molecule has 0 radical (unpaired) electrons. The minimum atomic E-state index is -0.487. The molecule has 0 unspecified atom stereocenters. The Kier molecular flexibility index (Phi) is 4.16. The molecule has 1 amide bonds. The molecule has 0 fully saturated rings. The summed E-state index contributed by atoms with van der Waals surface area (Å²) in [5, 5.41) is 0. The van der Waals surface area contributed by atoms with Crippen LogP contribution in [0.15, 0.2) is 49.1 Å². The fourth-order valence-electron chi connectivity index (χ4n) is 3.33. The molecule has 1 aliphatic heterocycles. The van der Waals surface area contributed by atoms with Crippen LogP contribution in [0.3, 0.4) is 0 Å². The lowest BCUT2D eigenvalue weighted by atomic mass is 9.98. The maximum absolute atomic E-state index is 14.2. The number of carbonyl (C=O) groups excluding carboxylic acids is 1. The highest BCUT2D eigenvalue weighted by Gasteiger charge is 2.27. The summed E-state index contributed by atoms with van der Waals surface area (Å²) in [6.07, 6.45) is 5.58. The summed E-state index contributed by atoms with van der Waals surface area (Å²) in [5.41, 5.74) is 4.33. The van der Waals surface area contributed by atoms with Gasteiger partial charge in [0.05, 0.1) is 17.0 Å². The van der Waals surface area contributed by atoms with Crippen LogP contribution >= 0.6 is 0 Å². The Morgan fingerprint density at radius 3 is 2.73 bits per heavy atom. The first-order chi connectivity index (χ1) is 12.6. The number of aromatic nitrogens is 3. The fourth-order valence-corrected chi connectivity index (χ4v) is 3.33. The standard InChI is InChI=1S/C20H17FN4O/c1-13-3-2-4-16(21)18(13)20(26)25-10-7-17-15(11-25)19(24-12-23-17)14-5-8-22-9-6-14/h2-6,8-9,12H,7,10-11H2,1H3. The van der Waals surface area contributed by atoms with Crippen LogP contribution in [0.5, 0.6) is 0 Å². The molecule has 1 aromatic carbocycles. The predicted octanol–water partition coefficient (Wildman–Crippen LogP) is 3.18. The van der Waals surface area contributed by atoms with Crippen molar-refractivity contribution >= 4 is 5.91 Å². The van der Waals surface area contributed by atoms with Crippen LogP contribution in [-0.4, -0.2) is 32.3 Å². The van der Waals surface area contributed by atoms with Gasteiger partial charge < -0.3 is 4.90 Å². The van der Waals surface area contributed by atoms with Crippen LogP contribution in [0.4, 0.5) is 4.39 Å². The average Bonchev–Trinajstić information content (AvgIpc) is 2.67. The number of pyridine rings is 1. The van der Waals surface area contributed by atoms with Gasteiger partial charge >= 0.3 is 0 Å². The summed E-state index contributed by atoms with van der Waals surface area (Å²) in [4.78, 5) is 27.4. The fraction of sp³-hybridized carbons (Fsp3) is 0.200. The second-order valence-corrected chi connectivity index (χ2v) is 6.29. The molecule has 4 rings (SSSR count). The Balaban J connectivity index is 1.71. The number of nitrogens with zero attached hydrogens (tertiary/aromatic N) is 4. The number of hydrogen-bond donors (Lipinski definition) is 0. The lowest BCUT2D eigenvalue weighted by molar-refractivity contribution is 0.0728. The van der Waals surface area contributed by atoms with Gasteiger partial charge in [0.1, 0.15) is 12.1 Å². The van der Waals surface area contributed by atoms with E-state index in [0.29, 0.717) is 25.1 Å². The van der Waals surface area contributed by atoms with Crippen molar-refractivity contribution in [3.05, 3.63) is 77.3 Å². The highest BCUT2D eigenvalue weighted by Crippen LogP contribution is 2.28. The molecule has 5 nitrogen and oxygen atoms in total. The molecule has 0 N–H and O–H groups in total. The predicted molar refractivity (Wildman–Crippen MR) is 94.8 cm³/mol. The van der Waals surface area contributed by atoms with Crippen molar-refractivity contribution in [3.63, 3.8) is 0 Å². The molecule has 0 bridgehead atoms. The van der Waals surface area contributed by atoms with E-state index in [-0.39, 0.29) is 11.5 Å². The lowest BCUT2D eigenvalue weighted by Crippen LogP contribution is -2.37. The van der Waals surface area contributed by atoms with Crippen molar-refractivity contribution < 1.29 is 9.18 Å². The minimum Gasteiger partial charge on any atom is -0.334 e. The van der Waals surface area contributed by atoms with E-state index in [1.54, 1.807) is 42.7 Å². The molecule has 0 saturated heterocycles. The quantitative estimate of drug-likeness (QED) is 0.714. The molecule has 0 spiro atoms.